The van der Waals surface area contributed by atoms with Gasteiger partial charge >= 0.3 is 0 Å². The molecular formula is C28H24N2O2S. The molecule has 0 spiro atoms. The van der Waals surface area contributed by atoms with Crippen molar-refractivity contribution in [1.29, 1.82) is 0 Å². The van der Waals surface area contributed by atoms with E-state index in [9.17, 15) is 4.79 Å². The van der Waals surface area contributed by atoms with Crippen molar-refractivity contribution in [2.24, 2.45) is 5.10 Å². The topological polar surface area (TPSA) is 41.9 Å². The second-order valence-electron chi connectivity index (χ2n) is 8.10. The van der Waals surface area contributed by atoms with Crippen LogP contribution in [0.15, 0.2) is 106 Å². The number of hydrazone groups is 1. The van der Waals surface area contributed by atoms with Crippen LogP contribution in [0, 0.1) is 6.92 Å². The number of amides is 1. The van der Waals surface area contributed by atoms with Gasteiger partial charge in [-0.1, -0.05) is 54.1 Å². The molecular weight excluding hydrogens is 428 g/mol. The second kappa shape index (κ2) is 9.12. The van der Waals surface area contributed by atoms with Crippen LogP contribution in [0.2, 0.25) is 0 Å². The predicted octanol–water partition coefficient (Wildman–Crippen LogP) is 6.28. The largest absolute Gasteiger partial charge is 0.485 e. The van der Waals surface area contributed by atoms with Gasteiger partial charge in [0.05, 0.1) is 17.0 Å². The number of anilines is 1. The second-order valence-corrected chi connectivity index (χ2v) is 9.15. The zero-order valence-corrected chi connectivity index (χ0v) is 19.4. The highest BCUT2D eigenvalue weighted by Gasteiger charge is 2.32. The average molecular weight is 453 g/mol. The number of para-hydroxylation sites is 2. The summed E-state index contributed by atoms with van der Waals surface area (Å²) in [5.41, 5.74) is 5.33. The lowest BCUT2D eigenvalue weighted by atomic mass is 9.99. The summed E-state index contributed by atoms with van der Waals surface area (Å²) in [6, 6.07) is 25.9. The highest BCUT2D eigenvalue weighted by molar-refractivity contribution is 8.00. The van der Waals surface area contributed by atoms with Gasteiger partial charge in [0.25, 0.3) is 5.91 Å². The number of rotatable bonds is 5. The normalized spacial score (nSPS) is 18.6. The minimum Gasteiger partial charge on any atom is -0.485 e. The standard InChI is InChI=1S/C28H24N2O2S/c1-19-12-14-24(15-13-19)33-18-26-25(28(31)30(29-26)23-9-4-3-5-10-23)17-22-16-21-8-6-7-11-27(21)32-20(22)2/h3-17,20H,18H2,1-2H3/b25-17+/t20-/m0/s1. The fraction of sp³-hybridized carbons (Fsp3) is 0.143. The fourth-order valence-corrected chi connectivity index (χ4v) is 4.67. The monoisotopic (exact) mass is 452 g/mol. The summed E-state index contributed by atoms with van der Waals surface area (Å²) >= 11 is 1.68. The number of thioether (sulfide) groups is 1. The van der Waals surface area contributed by atoms with E-state index >= 15 is 0 Å². The summed E-state index contributed by atoms with van der Waals surface area (Å²) in [5.74, 6) is 1.34. The maximum atomic E-state index is 13.5. The van der Waals surface area contributed by atoms with E-state index < -0.39 is 0 Å². The van der Waals surface area contributed by atoms with Crippen LogP contribution in [-0.4, -0.2) is 23.5 Å². The molecule has 1 atom stereocenters. The predicted molar refractivity (Wildman–Crippen MR) is 136 cm³/mol. The molecule has 0 aliphatic carbocycles. The first-order valence-electron chi connectivity index (χ1n) is 10.9. The number of nitrogens with zero attached hydrogens (tertiary/aromatic N) is 2. The number of benzene rings is 3. The van der Waals surface area contributed by atoms with Gasteiger partial charge in [-0.25, -0.2) is 0 Å². The molecule has 164 valence electrons. The lowest BCUT2D eigenvalue weighted by Gasteiger charge is -2.23. The van der Waals surface area contributed by atoms with Crippen LogP contribution in [-0.2, 0) is 4.79 Å². The third-order valence-corrected chi connectivity index (χ3v) is 6.70. The summed E-state index contributed by atoms with van der Waals surface area (Å²) in [7, 11) is 0. The molecule has 3 aromatic rings. The zero-order chi connectivity index (χ0) is 22.8. The Balaban J connectivity index is 1.49. The zero-order valence-electron chi connectivity index (χ0n) is 18.6. The molecule has 0 saturated carbocycles. The Morgan fingerprint density at radius 1 is 1.00 bits per heavy atom. The molecule has 0 radical (unpaired) electrons. The van der Waals surface area contributed by atoms with Gasteiger partial charge in [-0.15, -0.1) is 11.8 Å². The third kappa shape index (κ3) is 4.50. The first-order chi connectivity index (χ1) is 16.1. The van der Waals surface area contributed by atoms with Crippen LogP contribution in [0.3, 0.4) is 0 Å². The quantitative estimate of drug-likeness (QED) is 0.338. The number of ether oxygens (including phenoxy) is 1. The van der Waals surface area contributed by atoms with Crippen molar-refractivity contribution >= 4 is 35.1 Å². The smallest absolute Gasteiger partial charge is 0.280 e. The molecule has 0 fully saturated rings. The van der Waals surface area contributed by atoms with Crippen molar-refractivity contribution in [3.63, 3.8) is 0 Å². The van der Waals surface area contributed by atoms with E-state index in [2.05, 4.69) is 37.3 Å². The molecule has 2 aliphatic rings. The molecule has 33 heavy (non-hydrogen) atoms. The van der Waals surface area contributed by atoms with Gasteiger partial charge < -0.3 is 4.74 Å². The van der Waals surface area contributed by atoms with Crippen LogP contribution in [0.4, 0.5) is 5.69 Å². The summed E-state index contributed by atoms with van der Waals surface area (Å²) in [5, 5.41) is 6.23. The number of fused-ring (bicyclic) bond motifs is 1. The molecule has 2 aliphatic heterocycles. The van der Waals surface area contributed by atoms with Crippen molar-refractivity contribution in [2.45, 2.75) is 24.8 Å². The van der Waals surface area contributed by atoms with E-state index in [0.29, 0.717) is 11.3 Å². The number of aryl methyl sites for hydroxylation is 1. The Kier molecular flexibility index (Phi) is 5.88. The summed E-state index contributed by atoms with van der Waals surface area (Å²) in [6.45, 7) is 4.08. The number of hydrogen-bond donors (Lipinski definition) is 0. The third-order valence-electron chi connectivity index (χ3n) is 5.68. The molecule has 1 amide bonds. The Hall–Kier alpha value is -3.57. The summed E-state index contributed by atoms with van der Waals surface area (Å²) in [4.78, 5) is 14.6. The van der Waals surface area contributed by atoms with Crippen molar-refractivity contribution < 1.29 is 9.53 Å². The Bertz CT molecular complexity index is 1280. The molecule has 4 nitrogen and oxygen atoms in total. The van der Waals surface area contributed by atoms with Crippen molar-refractivity contribution in [2.75, 3.05) is 10.8 Å². The molecule has 2 heterocycles. The van der Waals surface area contributed by atoms with Crippen LogP contribution in [0.5, 0.6) is 5.75 Å². The lowest BCUT2D eigenvalue weighted by Crippen LogP contribution is -2.23. The SMILES string of the molecule is Cc1ccc(SCC2=NN(c3ccccc3)C(=O)/C2=C/C2=Cc3ccccc3O[C@H]2C)cc1. The molecule has 0 bridgehead atoms. The molecule has 5 rings (SSSR count). The van der Waals surface area contributed by atoms with E-state index in [1.54, 1.807) is 11.8 Å². The lowest BCUT2D eigenvalue weighted by molar-refractivity contribution is -0.114. The van der Waals surface area contributed by atoms with E-state index in [0.717, 1.165) is 33.2 Å². The minimum atomic E-state index is -0.156. The van der Waals surface area contributed by atoms with E-state index in [-0.39, 0.29) is 12.0 Å². The first kappa shape index (κ1) is 21.3. The fourth-order valence-electron chi connectivity index (χ4n) is 3.83. The van der Waals surface area contributed by atoms with Crippen molar-refractivity contribution in [1.82, 2.24) is 0 Å². The number of hydrogen-bond acceptors (Lipinski definition) is 4. The average Bonchev–Trinajstić information content (AvgIpc) is 3.15. The molecule has 3 aromatic carbocycles. The Morgan fingerprint density at radius 2 is 1.73 bits per heavy atom. The van der Waals surface area contributed by atoms with Gasteiger partial charge in [0, 0.05) is 16.2 Å². The van der Waals surface area contributed by atoms with Gasteiger partial charge in [-0.2, -0.15) is 10.1 Å². The van der Waals surface area contributed by atoms with Crippen LogP contribution < -0.4 is 9.75 Å². The highest BCUT2D eigenvalue weighted by Crippen LogP contribution is 2.33. The van der Waals surface area contributed by atoms with E-state index in [1.165, 1.54) is 10.6 Å². The van der Waals surface area contributed by atoms with E-state index in [4.69, 9.17) is 9.84 Å². The molecule has 5 heteroatoms. The minimum absolute atomic E-state index is 0.118. The number of carbonyl (C=O) groups excluding carboxylic acids is 1. The summed E-state index contributed by atoms with van der Waals surface area (Å²) < 4.78 is 6.09. The molecule has 0 saturated heterocycles. The van der Waals surface area contributed by atoms with Gasteiger partial charge in [-0.3, -0.25) is 4.79 Å². The van der Waals surface area contributed by atoms with Crippen molar-refractivity contribution in [3.05, 3.63) is 107 Å². The van der Waals surface area contributed by atoms with Gasteiger partial charge in [0.15, 0.2) is 0 Å². The maximum absolute atomic E-state index is 13.5. The van der Waals surface area contributed by atoms with Gasteiger partial charge in [-0.05, 0) is 61.9 Å². The van der Waals surface area contributed by atoms with Crippen LogP contribution in [0.25, 0.3) is 6.08 Å². The summed E-state index contributed by atoms with van der Waals surface area (Å²) in [6.07, 6.45) is 3.89. The molecule has 0 unspecified atom stereocenters. The van der Waals surface area contributed by atoms with Gasteiger partial charge in [0.2, 0.25) is 0 Å². The molecule has 0 N–H and O–H groups in total. The van der Waals surface area contributed by atoms with Crippen molar-refractivity contribution in [3.8, 4) is 5.75 Å². The Morgan fingerprint density at radius 3 is 2.52 bits per heavy atom. The number of carbonyl (C=O) groups is 1. The Labute approximate surface area is 198 Å². The molecule has 0 aromatic heterocycles. The van der Waals surface area contributed by atoms with E-state index in [1.807, 2.05) is 67.6 Å². The van der Waals surface area contributed by atoms with Crippen LogP contribution in [0.1, 0.15) is 18.1 Å². The first-order valence-corrected chi connectivity index (χ1v) is 11.9. The van der Waals surface area contributed by atoms with Crippen LogP contribution >= 0.6 is 11.8 Å². The van der Waals surface area contributed by atoms with Gasteiger partial charge in [0.1, 0.15) is 11.9 Å². The maximum Gasteiger partial charge on any atom is 0.280 e. The highest BCUT2D eigenvalue weighted by atomic mass is 32.2.